The van der Waals surface area contributed by atoms with E-state index < -0.39 is 18.8 Å². The summed E-state index contributed by atoms with van der Waals surface area (Å²) in [5.74, 6) is 0.454. The minimum atomic E-state index is -4.50. The van der Waals surface area contributed by atoms with Crippen molar-refractivity contribution in [1.29, 1.82) is 0 Å². The Bertz CT molecular complexity index is 1510. The number of rotatable bonds is 7. The highest BCUT2D eigenvalue weighted by Crippen LogP contribution is 2.27. The van der Waals surface area contributed by atoms with E-state index in [0.717, 1.165) is 24.0 Å². The molecule has 11 heteroatoms. The Morgan fingerprint density at radius 3 is 2.48 bits per heavy atom. The zero-order chi connectivity index (χ0) is 28.1. The van der Waals surface area contributed by atoms with Crippen molar-refractivity contribution in [3.63, 3.8) is 0 Å². The second kappa shape index (κ2) is 11.8. The Labute approximate surface area is 229 Å². The minimum Gasteiger partial charge on any atom is -0.352 e. The third-order valence-corrected chi connectivity index (χ3v) is 6.96. The summed E-state index contributed by atoms with van der Waals surface area (Å²) in [6.07, 6.45) is 4.88. The molecule has 0 atom stereocenters. The van der Waals surface area contributed by atoms with Gasteiger partial charge in [-0.3, -0.25) is 4.79 Å². The van der Waals surface area contributed by atoms with Crippen LogP contribution in [0.3, 0.4) is 0 Å². The molecule has 0 saturated heterocycles. The fraction of sp³-hybridized carbons (Fsp3) is 0.310. The highest BCUT2D eigenvalue weighted by Gasteiger charge is 2.27. The molecule has 1 aliphatic rings. The van der Waals surface area contributed by atoms with Crippen LogP contribution in [0.5, 0.6) is 0 Å². The van der Waals surface area contributed by atoms with E-state index in [-0.39, 0.29) is 5.91 Å². The van der Waals surface area contributed by atoms with Crippen LogP contribution < -0.4 is 16.0 Å². The van der Waals surface area contributed by atoms with Crippen LogP contribution in [-0.4, -0.2) is 45.8 Å². The van der Waals surface area contributed by atoms with Crippen LogP contribution in [-0.2, 0) is 0 Å². The van der Waals surface area contributed by atoms with Gasteiger partial charge in [0, 0.05) is 28.9 Å². The van der Waals surface area contributed by atoms with Crippen LogP contribution >= 0.6 is 0 Å². The van der Waals surface area contributed by atoms with Crippen LogP contribution in [0.1, 0.15) is 42.5 Å². The lowest BCUT2D eigenvalue weighted by atomic mass is 9.89. The predicted octanol–water partition coefficient (Wildman–Crippen LogP) is 6.06. The van der Waals surface area contributed by atoms with Crippen molar-refractivity contribution in [3.05, 3.63) is 72.6 Å². The van der Waals surface area contributed by atoms with Gasteiger partial charge in [0.1, 0.15) is 6.54 Å². The molecule has 0 radical (unpaired) electrons. The second-order valence-electron chi connectivity index (χ2n) is 9.96. The van der Waals surface area contributed by atoms with Gasteiger partial charge in [0.2, 0.25) is 0 Å². The van der Waals surface area contributed by atoms with Crippen LogP contribution in [0.2, 0.25) is 0 Å². The Kier molecular flexibility index (Phi) is 7.99. The van der Waals surface area contributed by atoms with Crippen molar-refractivity contribution in [2.45, 2.75) is 38.3 Å². The van der Waals surface area contributed by atoms with Gasteiger partial charge in [-0.1, -0.05) is 43.5 Å². The number of fused-ring (bicyclic) bond motifs is 1. The number of urea groups is 1. The lowest BCUT2D eigenvalue weighted by Crippen LogP contribution is -2.36. The normalized spacial score (nSPS) is 14.2. The van der Waals surface area contributed by atoms with Crippen molar-refractivity contribution in [2.75, 3.05) is 18.4 Å². The number of halogens is 3. The van der Waals surface area contributed by atoms with Gasteiger partial charge < -0.3 is 16.0 Å². The van der Waals surface area contributed by atoms with Crippen LogP contribution in [0.25, 0.3) is 28.0 Å². The summed E-state index contributed by atoms with van der Waals surface area (Å²) >= 11 is 0. The van der Waals surface area contributed by atoms with Gasteiger partial charge in [-0.05, 0) is 54.7 Å². The fourth-order valence-electron chi connectivity index (χ4n) is 4.91. The molecule has 5 rings (SSSR count). The Hall–Kier alpha value is -4.41. The number of carbonyl (C=O) groups is 2. The van der Waals surface area contributed by atoms with Crippen molar-refractivity contribution in [3.8, 4) is 22.4 Å². The molecule has 208 valence electrons. The van der Waals surface area contributed by atoms with E-state index in [4.69, 9.17) is 0 Å². The van der Waals surface area contributed by atoms with E-state index in [9.17, 15) is 22.8 Å². The first-order chi connectivity index (χ1) is 19.2. The molecule has 2 heterocycles. The number of alkyl halides is 3. The molecular weight excluding hydrogens is 521 g/mol. The summed E-state index contributed by atoms with van der Waals surface area (Å²) in [4.78, 5) is 29.1. The Morgan fingerprint density at radius 2 is 1.68 bits per heavy atom. The first-order valence-electron chi connectivity index (χ1n) is 13.2. The molecule has 40 heavy (non-hydrogen) atoms. The molecule has 1 saturated carbocycles. The number of hydrogen-bond acceptors (Lipinski definition) is 4. The predicted molar refractivity (Wildman–Crippen MR) is 146 cm³/mol. The molecule has 3 amide bonds. The summed E-state index contributed by atoms with van der Waals surface area (Å²) in [6, 6.07) is 15.0. The summed E-state index contributed by atoms with van der Waals surface area (Å²) in [5.41, 5.74) is 4.41. The molecule has 0 bridgehead atoms. The number of nitrogens with one attached hydrogen (secondary N) is 3. The second-order valence-corrected chi connectivity index (χ2v) is 9.96. The minimum absolute atomic E-state index is 0.0925. The lowest BCUT2D eigenvalue weighted by Gasteiger charge is -2.21. The summed E-state index contributed by atoms with van der Waals surface area (Å²) in [5, 5.41) is 11.8. The number of carbonyl (C=O) groups excluding carboxylic acids is 2. The van der Waals surface area contributed by atoms with Crippen LogP contribution in [0.4, 0.5) is 23.7 Å². The number of imidazole rings is 1. The first kappa shape index (κ1) is 27.2. The molecule has 2 aromatic heterocycles. The van der Waals surface area contributed by atoms with E-state index in [2.05, 4.69) is 20.7 Å². The maximum absolute atomic E-state index is 12.8. The number of aromatic nitrogens is 3. The zero-order valence-corrected chi connectivity index (χ0v) is 21.7. The van der Waals surface area contributed by atoms with Gasteiger partial charge in [0.25, 0.3) is 5.91 Å². The molecular formula is C29H29F3N6O2. The molecule has 1 aliphatic carbocycles. The van der Waals surface area contributed by atoms with Gasteiger partial charge >= 0.3 is 12.2 Å². The number of anilines is 1. The van der Waals surface area contributed by atoms with Crippen molar-refractivity contribution >= 4 is 23.3 Å². The average Bonchev–Trinajstić information content (AvgIpc) is 3.39. The number of nitrogens with zero attached hydrogens (tertiary/aromatic N) is 3. The topological polar surface area (TPSA) is 100 Å². The van der Waals surface area contributed by atoms with Crippen LogP contribution in [0, 0.1) is 5.92 Å². The van der Waals surface area contributed by atoms with E-state index in [0.29, 0.717) is 40.6 Å². The number of amides is 3. The first-order valence-corrected chi connectivity index (χ1v) is 13.2. The molecule has 1 fully saturated rings. The lowest BCUT2D eigenvalue weighted by molar-refractivity contribution is -0.122. The molecule has 8 nitrogen and oxygen atoms in total. The van der Waals surface area contributed by atoms with Gasteiger partial charge in [-0.15, -0.1) is 0 Å². The van der Waals surface area contributed by atoms with E-state index in [1.807, 2.05) is 24.3 Å². The highest BCUT2D eigenvalue weighted by atomic mass is 19.4. The largest absolute Gasteiger partial charge is 0.405 e. The van der Waals surface area contributed by atoms with Crippen molar-refractivity contribution in [2.24, 2.45) is 5.92 Å². The molecule has 0 aliphatic heterocycles. The Morgan fingerprint density at radius 1 is 0.900 bits per heavy atom. The summed E-state index contributed by atoms with van der Waals surface area (Å²) in [7, 11) is 0. The van der Waals surface area contributed by atoms with Crippen molar-refractivity contribution in [1.82, 2.24) is 25.2 Å². The summed E-state index contributed by atoms with van der Waals surface area (Å²) < 4.78 is 38.7. The zero-order valence-electron chi connectivity index (χ0n) is 21.7. The third-order valence-electron chi connectivity index (χ3n) is 6.96. The highest BCUT2D eigenvalue weighted by molar-refractivity contribution is 5.95. The maximum atomic E-state index is 12.8. The monoisotopic (exact) mass is 550 g/mol. The summed E-state index contributed by atoms with van der Waals surface area (Å²) in [6.45, 7) is -0.728. The van der Waals surface area contributed by atoms with Crippen LogP contribution in [0.15, 0.2) is 67.0 Å². The average molecular weight is 551 g/mol. The maximum Gasteiger partial charge on any atom is 0.405 e. The molecule has 2 aromatic carbocycles. The van der Waals surface area contributed by atoms with Gasteiger partial charge in [-0.2, -0.15) is 18.3 Å². The van der Waals surface area contributed by atoms with E-state index in [1.54, 1.807) is 52.6 Å². The quantitative estimate of drug-likeness (QED) is 0.261. The van der Waals surface area contributed by atoms with E-state index >= 15 is 0 Å². The standard InChI is InChI=1S/C29H29F3N6O2/c30-29(31,32)18-35-28(40)37-24-11-5-9-21(13-24)25-17-33-26-14-23(16-36-38(25)26)20-8-4-10-22(12-20)27(39)34-15-19-6-2-1-3-7-19/h4-5,8-14,16-17,19H,1-3,6-7,15,18H2,(H,34,39)(H2,35,37,40). The Balaban J connectivity index is 1.29. The van der Waals surface area contributed by atoms with Crippen molar-refractivity contribution < 1.29 is 22.8 Å². The SMILES string of the molecule is O=C(NCC(F)(F)F)Nc1cccc(-c2cnc3cc(-c4cccc(C(=O)NCC5CCCCC5)c4)cnn23)c1. The van der Waals surface area contributed by atoms with Gasteiger partial charge in [0.15, 0.2) is 5.65 Å². The number of benzene rings is 2. The fourth-order valence-corrected chi connectivity index (χ4v) is 4.91. The van der Waals surface area contributed by atoms with Gasteiger partial charge in [0.05, 0.1) is 18.1 Å². The molecule has 4 aromatic rings. The third kappa shape index (κ3) is 6.77. The molecule has 3 N–H and O–H groups in total. The smallest absolute Gasteiger partial charge is 0.352 e. The number of hydrogen-bond donors (Lipinski definition) is 3. The molecule has 0 unspecified atom stereocenters. The van der Waals surface area contributed by atoms with E-state index in [1.165, 1.54) is 19.3 Å². The molecule has 0 spiro atoms. The van der Waals surface area contributed by atoms with Gasteiger partial charge in [-0.25, -0.2) is 14.3 Å².